The van der Waals surface area contributed by atoms with Crippen LogP contribution in [0.3, 0.4) is 0 Å². The normalized spacial score (nSPS) is 18.9. The van der Waals surface area contributed by atoms with Crippen LogP contribution in [0.1, 0.15) is 30.1 Å². The molecule has 2 rings (SSSR count). The van der Waals surface area contributed by atoms with Crippen molar-refractivity contribution in [3.05, 3.63) is 29.8 Å². The highest BCUT2D eigenvalue weighted by Crippen LogP contribution is 2.17. The van der Waals surface area contributed by atoms with Gasteiger partial charge < -0.3 is 15.1 Å². The second-order valence-electron chi connectivity index (χ2n) is 5.59. The molecule has 0 spiro atoms. The molecule has 1 aliphatic rings. The number of nitrogens with zero attached hydrogens (tertiary/aromatic N) is 2. The summed E-state index contributed by atoms with van der Waals surface area (Å²) in [4.78, 5) is 16.5. The van der Waals surface area contributed by atoms with Gasteiger partial charge in [0.25, 0.3) is 5.91 Å². The molecule has 110 valence electrons. The Morgan fingerprint density at radius 3 is 2.65 bits per heavy atom. The van der Waals surface area contributed by atoms with Crippen LogP contribution >= 0.6 is 0 Å². The predicted octanol–water partition coefficient (Wildman–Crippen LogP) is 1.97. The van der Waals surface area contributed by atoms with E-state index in [1.165, 1.54) is 0 Å². The lowest BCUT2D eigenvalue weighted by Gasteiger charge is -2.33. The van der Waals surface area contributed by atoms with Crippen LogP contribution in [-0.2, 0) is 0 Å². The molecule has 1 aromatic rings. The lowest BCUT2D eigenvalue weighted by atomic mass is 10.0. The molecule has 20 heavy (non-hydrogen) atoms. The number of hydrogen-bond acceptors (Lipinski definition) is 3. The Balaban J connectivity index is 2.02. The molecule has 1 saturated heterocycles. The van der Waals surface area contributed by atoms with Crippen molar-refractivity contribution in [2.24, 2.45) is 0 Å². The van der Waals surface area contributed by atoms with Gasteiger partial charge in [-0.2, -0.15) is 0 Å². The van der Waals surface area contributed by atoms with E-state index in [9.17, 15) is 4.79 Å². The molecule has 1 unspecified atom stereocenters. The average Bonchev–Trinajstić information content (AvgIpc) is 2.47. The minimum atomic E-state index is 0.151. The standard InChI is InChI=1S/C16H25N3O/c1-4-17-14-6-5-11-19(12-14)16(20)13-7-9-15(10-8-13)18(2)3/h7-10,14,17H,4-6,11-12H2,1-3H3. The Labute approximate surface area is 121 Å². The van der Waals surface area contributed by atoms with E-state index in [1.807, 2.05) is 48.2 Å². The van der Waals surface area contributed by atoms with E-state index in [-0.39, 0.29) is 5.91 Å². The number of amides is 1. The third kappa shape index (κ3) is 3.51. The number of hydrogen-bond donors (Lipinski definition) is 1. The number of piperidine rings is 1. The zero-order valence-corrected chi connectivity index (χ0v) is 12.7. The van der Waals surface area contributed by atoms with Gasteiger partial charge >= 0.3 is 0 Å². The van der Waals surface area contributed by atoms with Crippen LogP contribution in [0.4, 0.5) is 5.69 Å². The zero-order valence-electron chi connectivity index (χ0n) is 12.7. The molecule has 1 fully saturated rings. The number of likely N-dealkylation sites (tertiary alicyclic amines) is 1. The van der Waals surface area contributed by atoms with Gasteiger partial charge in [-0.15, -0.1) is 0 Å². The van der Waals surface area contributed by atoms with Gasteiger partial charge in [-0.1, -0.05) is 6.92 Å². The summed E-state index contributed by atoms with van der Waals surface area (Å²) in [6, 6.07) is 8.29. The lowest BCUT2D eigenvalue weighted by Crippen LogP contribution is -2.47. The van der Waals surface area contributed by atoms with Crippen molar-refractivity contribution in [1.29, 1.82) is 0 Å². The molecule has 0 aliphatic carbocycles. The summed E-state index contributed by atoms with van der Waals surface area (Å²) in [5.41, 5.74) is 1.90. The van der Waals surface area contributed by atoms with Gasteiger partial charge in [-0.05, 0) is 43.7 Å². The molecule has 0 bridgehead atoms. The van der Waals surface area contributed by atoms with Crippen molar-refractivity contribution in [2.75, 3.05) is 38.6 Å². The summed E-state index contributed by atoms with van der Waals surface area (Å²) in [7, 11) is 4.00. The molecule has 0 saturated carbocycles. The fraction of sp³-hybridized carbons (Fsp3) is 0.562. The molecule has 1 aliphatic heterocycles. The molecule has 1 amide bonds. The number of carbonyl (C=O) groups excluding carboxylic acids is 1. The fourth-order valence-corrected chi connectivity index (χ4v) is 2.70. The Hall–Kier alpha value is -1.55. The molecular formula is C16H25N3O. The van der Waals surface area contributed by atoms with Crippen LogP contribution in [0.25, 0.3) is 0 Å². The zero-order chi connectivity index (χ0) is 14.5. The lowest BCUT2D eigenvalue weighted by molar-refractivity contribution is 0.0695. The maximum Gasteiger partial charge on any atom is 0.253 e. The van der Waals surface area contributed by atoms with E-state index >= 15 is 0 Å². The Bertz CT molecular complexity index is 440. The molecule has 1 atom stereocenters. The minimum Gasteiger partial charge on any atom is -0.378 e. The van der Waals surface area contributed by atoms with Crippen molar-refractivity contribution >= 4 is 11.6 Å². The second-order valence-corrected chi connectivity index (χ2v) is 5.59. The molecule has 1 aromatic carbocycles. The summed E-state index contributed by atoms with van der Waals surface area (Å²) in [6.07, 6.45) is 2.25. The summed E-state index contributed by atoms with van der Waals surface area (Å²) < 4.78 is 0. The first-order valence-corrected chi connectivity index (χ1v) is 7.42. The van der Waals surface area contributed by atoms with Gasteiger partial charge in [0.05, 0.1) is 0 Å². The van der Waals surface area contributed by atoms with E-state index in [0.717, 1.165) is 43.7 Å². The van der Waals surface area contributed by atoms with Gasteiger partial charge in [0.2, 0.25) is 0 Å². The van der Waals surface area contributed by atoms with E-state index in [0.29, 0.717) is 6.04 Å². The highest BCUT2D eigenvalue weighted by Gasteiger charge is 2.23. The molecular weight excluding hydrogens is 250 g/mol. The first-order valence-electron chi connectivity index (χ1n) is 7.42. The van der Waals surface area contributed by atoms with Gasteiger partial charge in [0, 0.05) is 44.5 Å². The maximum absolute atomic E-state index is 12.5. The van der Waals surface area contributed by atoms with Gasteiger partial charge in [-0.3, -0.25) is 4.79 Å². The van der Waals surface area contributed by atoms with Crippen LogP contribution in [0.15, 0.2) is 24.3 Å². The highest BCUT2D eigenvalue weighted by molar-refractivity contribution is 5.94. The fourth-order valence-electron chi connectivity index (χ4n) is 2.70. The molecule has 0 aromatic heterocycles. The maximum atomic E-state index is 12.5. The summed E-state index contributed by atoms with van der Waals surface area (Å²) >= 11 is 0. The summed E-state index contributed by atoms with van der Waals surface area (Å²) in [5.74, 6) is 0.151. The molecule has 0 radical (unpaired) electrons. The smallest absolute Gasteiger partial charge is 0.253 e. The Kier molecular flexibility index (Phi) is 5.01. The number of anilines is 1. The van der Waals surface area contributed by atoms with Crippen molar-refractivity contribution < 1.29 is 4.79 Å². The number of likely N-dealkylation sites (N-methyl/N-ethyl adjacent to an activating group) is 1. The minimum absolute atomic E-state index is 0.151. The number of rotatable bonds is 4. The first kappa shape index (κ1) is 14.9. The van der Waals surface area contributed by atoms with E-state index < -0.39 is 0 Å². The number of benzene rings is 1. The topological polar surface area (TPSA) is 35.6 Å². The highest BCUT2D eigenvalue weighted by atomic mass is 16.2. The number of nitrogens with one attached hydrogen (secondary N) is 1. The van der Waals surface area contributed by atoms with E-state index in [2.05, 4.69) is 12.2 Å². The van der Waals surface area contributed by atoms with Crippen LogP contribution < -0.4 is 10.2 Å². The summed E-state index contributed by atoms with van der Waals surface area (Å²) in [5, 5.41) is 3.44. The van der Waals surface area contributed by atoms with Crippen molar-refractivity contribution in [3.8, 4) is 0 Å². The Morgan fingerprint density at radius 2 is 2.05 bits per heavy atom. The molecule has 4 heteroatoms. The van der Waals surface area contributed by atoms with Crippen LogP contribution in [0.2, 0.25) is 0 Å². The van der Waals surface area contributed by atoms with Crippen LogP contribution in [0.5, 0.6) is 0 Å². The van der Waals surface area contributed by atoms with E-state index in [1.54, 1.807) is 0 Å². The third-order valence-corrected chi connectivity index (χ3v) is 3.83. The van der Waals surface area contributed by atoms with Crippen LogP contribution in [-0.4, -0.2) is 50.6 Å². The van der Waals surface area contributed by atoms with Crippen molar-refractivity contribution in [2.45, 2.75) is 25.8 Å². The van der Waals surface area contributed by atoms with Gasteiger partial charge in [0.15, 0.2) is 0 Å². The Morgan fingerprint density at radius 1 is 1.35 bits per heavy atom. The van der Waals surface area contributed by atoms with Gasteiger partial charge in [-0.25, -0.2) is 0 Å². The predicted molar refractivity (Wildman–Crippen MR) is 83.4 cm³/mol. The van der Waals surface area contributed by atoms with Crippen molar-refractivity contribution in [3.63, 3.8) is 0 Å². The average molecular weight is 275 g/mol. The van der Waals surface area contributed by atoms with Crippen LogP contribution in [0, 0.1) is 0 Å². The largest absolute Gasteiger partial charge is 0.378 e. The monoisotopic (exact) mass is 275 g/mol. The van der Waals surface area contributed by atoms with E-state index in [4.69, 9.17) is 0 Å². The molecule has 1 heterocycles. The SMILES string of the molecule is CCNC1CCCN(C(=O)c2ccc(N(C)C)cc2)C1. The third-order valence-electron chi connectivity index (χ3n) is 3.83. The number of carbonyl (C=O) groups is 1. The van der Waals surface area contributed by atoms with Gasteiger partial charge in [0.1, 0.15) is 0 Å². The van der Waals surface area contributed by atoms with Crippen molar-refractivity contribution in [1.82, 2.24) is 10.2 Å². The first-order chi connectivity index (χ1) is 9.61. The molecule has 4 nitrogen and oxygen atoms in total. The summed E-state index contributed by atoms with van der Waals surface area (Å²) in [6.45, 7) is 4.77. The second kappa shape index (κ2) is 6.75. The molecule has 1 N–H and O–H groups in total. The quantitative estimate of drug-likeness (QED) is 0.912.